The zero-order chi connectivity index (χ0) is 15.0. The number of fused-ring (bicyclic) bond motifs is 1. The van der Waals surface area contributed by atoms with E-state index in [4.69, 9.17) is 5.84 Å². The Morgan fingerprint density at radius 1 is 1.57 bits per heavy atom. The molecule has 0 aliphatic carbocycles. The van der Waals surface area contributed by atoms with E-state index in [1.54, 1.807) is 6.07 Å². The van der Waals surface area contributed by atoms with E-state index < -0.39 is 0 Å². The van der Waals surface area contributed by atoms with Crippen molar-refractivity contribution in [2.45, 2.75) is 19.9 Å². The largest absolute Gasteiger partial charge is 0.299 e. The molecule has 6 heteroatoms. The molecule has 4 nitrogen and oxygen atoms in total. The summed E-state index contributed by atoms with van der Waals surface area (Å²) in [6.45, 7) is 4.76. The molecule has 1 unspecified atom stereocenters. The molecule has 0 spiro atoms. The minimum atomic E-state index is -0.349. The maximum atomic E-state index is 14.2. The summed E-state index contributed by atoms with van der Waals surface area (Å²) in [4.78, 5) is 14.8. The zero-order valence-corrected chi connectivity index (χ0v) is 12.7. The van der Waals surface area contributed by atoms with Crippen LogP contribution in [0.25, 0.3) is 10.1 Å². The molecular weight excluding hydrogens is 289 g/mol. The Morgan fingerprint density at radius 2 is 2.38 bits per heavy atom. The van der Waals surface area contributed by atoms with E-state index in [0.29, 0.717) is 22.7 Å². The second-order valence-corrected chi connectivity index (χ2v) is 6.68. The molecule has 1 saturated heterocycles. The van der Waals surface area contributed by atoms with Crippen LogP contribution in [0.4, 0.5) is 4.39 Å². The highest BCUT2D eigenvalue weighted by Crippen LogP contribution is 2.34. The summed E-state index contributed by atoms with van der Waals surface area (Å²) in [6, 6.07) is 4.95. The van der Waals surface area contributed by atoms with Gasteiger partial charge in [-0.3, -0.25) is 15.1 Å². The molecule has 1 aromatic carbocycles. The number of hydrogen-bond donors (Lipinski definition) is 2. The molecule has 0 saturated carbocycles. The van der Waals surface area contributed by atoms with Crippen molar-refractivity contribution in [3.05, 3.63) is 34.5 Å². The van der Waals surface area contributed by atoms with Crippen LogP contribution in [0, 0.1) is 11.7 Å². The first-order chi connectivity index (χ1) is 10.1. The summed E-state index contributed by atoms with van der Waals surface area (Å²) in [5.74, 6) is 5.28. The van der Waals surface area contributed by atoms with Gasteiger partial charge in [-0.15, -0.1) is 11.3 Å². The predicted octanol–water partition coefficient (Wildman–Crippen LogP) is 2.49. The molecule has 3 N–H and O–H groups in total. The molecule has 0 radical (unpaired) electrons. The topological polar surface area (TPSA) is 58.4 Å². The SMILES string of the molecule is CC1CCN(Cc2c(C(=O)NN)sc3cccc(F)c23)C1. The van der Waals surface area contributed by atoms with Crippen molar-refractivity contribution in [2.75, 3.05) is 13.1 Å². The van der Waals surface area contributed by atoms with Crippen molar-refractivity contribution >= 4 is 27.3 Å². The molecule has 3 rings (SSSR count). The van der Waals surface area contributed by atoms with Crippen LogP contribution in [0.1, 0.15) is 28.6 Å². The maximum absolute atomic E-state index is 14.2. The Balaban J connectivity index is 2.06. The molecule has 1 amide bonds. The summed E-state index contributed by atoms with van der Waals surface area (Å²) in [5.41, 5.74) is 2.92. The molecule has 21 heavy (non-hydrogen) atoms. The van der Waals surface area contributed by atoms with Crippen molar-refractivity contribution in [1.82, 2.24) is 10.3 Å². The van der Waals surface area contributed by atoms with Crippen molar-refractivity contribution in [3.8, 4) is 0 Å². The molecule has 0 bridgehead atoms. The lowest BCUT2D eigenvalue weighted by molar-refractivity contribution is 0.0956. The summed E-state index contributed by atoms with van der Waals surface area (Å²) in [7, 11) is 0. The van der Waals surface area contributed by atoms with Crippen LogP contribution in [-0.4, -0.2) is 23.9 Å². The van der Waals surface area contributed by atoms with Crippen LogP contribution in [-0.2, 0) is 6.54 Å². The Kier molecular flexibility index (Phi) is 3.93. The summed E-state index contributed by atoms with van der Waals surface area (Å²) >= 11 is 1.30. The number of nitrogens with one attached hydrogen (secondary N) is 1. The van der Waals surface area contributed by atoms with E-state index in [-0.39, 0.29) is 11.7 Å². The van der Waals surface area contributed by atoms with Crippen LogP contribution in [0.3, 0.4) is 0 Å². The number of nitrogens with zero attached hydrogens (tertiary/aromatic N) is 1. The van der Waals surface area contributed by atoms with Crippen LogP contribution >= 0.6 is 11.3 Å². The molecule has 1 aromatic heterocycles. The van der Waals surface area contributed by atoms with E-state index in [0.717, 1.165) is 29.8 Å². The maximum Gasteiger partial charge on any atom is 0.275 e. The lowest BCUT2D eigenvalue weighted by atomic mass is 10.1. The fourth-order valence-corrected chi connectivity index (χ4v) is 4.09. The Labute approximate surface area is 126 Å². The third kappa shape index (κ3) is 2.66. The van der Waals surface area contributed by atoms with Crippen molar-refractivity contribution in [2.24, 2.45) is 11.8 Å². The molecule has 1 fully saturated rings. The average Bonchev–Trinajstić information content (AvgIpc) is 3.03. The van der Waals surface area contributed by atoms with Crippen LogP contribution in [0.5, 0.6) is 0 Å². The lowest BCUT2D eigenvalue weighted by Gasteiger charge is -2.16. The number of thiophene rings is 1. The first-order valence-corrected chi connectivity index (χ1v) is 7.85. The lowest BCUT2D eigenvalue weighted by Crippen LogP contribution is -2.30. The number of benzene rings is 1. The van der Waals surface area contributed by atoms with Crippen molar-refractivity contribution < 1.29 is 9.18 Å². The summed E-state index contributed by atoms with van der Waals surface area (Å²) in [6.07, 6.45) is 1.14. The van der Waals surface area contributed by atoms with Gasteiger partial charge in [0, 0.05) is 28.7 Å². The van der Waals surface area contributed by atoms with Gasteiger partial charge in [-0.1, -0.05) is 13.0 Å². The van der Waals surface area contributed by atoms with Crippen molar-refractivity contribution in [1.29, 1.82) is 0 Å². The first kappa shape index (κ1) is 14.4. The monoisotopic (exact) mass is 307 g/mol. The van der Waals surface area contributed by atoms with Gasteiger partial charge in [0.2, 0.25) is 0 Å². The number of carbonyl (C=O) groups is 1. The van der Waals surface area contributed by atoms with Gasteiger partial charge in [0.05, 0.1) is 4.88 Å². The van der Waals surface area contributed by atoms with Gasteiger partial charge in [0.25, 0.3) is 5.91 Å². The minimum absolute atomic E-state index is 0.276. The first-order valence-electron chi connectivity index (χ1n) is 7.03. The van der Waals surface area contributed by atoms with E-state index in [9.17, 15) is 9.18 Å². The molecule has 112 valence electrons. The molecular formula is C15H18FN3OS. The molecule has 2 heterocycles. The molecule has 1 aliphatic heterocycles. The number of nitrogen functional groups attached to an aromatic ring is 1. The van der Waals surface area contributed by atoms with Crippen LogP contribution < -0.4 is 11.3 Å². The Morgan fingerprint density at radius 3 is 3.05 bits per heavy atom. The highest BCUT2D eigenvalue weighted by Gasteiger charge is 2.25. The standard InChI is InChI=1S/C15H18FN3OS/c1-9-5-6-19(7-9)8-10-13-11(16)3-2-4-12(13)21-14(10)15(20)18-17/h2-4,9H,5-8,17H2,1H3,(H,18,20). The van der Waals surface area contributed by atoms with E-state index in [1.165, 1.54) is 17.4 Å². The van der Waals surface area contributed by atoms with Gasteiger partial charge in [-0.2, -0.15) is 0 Å². The Bertz CT molecular complexity index is 685. The third-order valence-electron chi connectivity index (χ3n) is 3.99. The average molecular weight is 307 g/mol. The molecule has 1 atom stereocenters. The number of amides is 1. The highest BCUT2D eigenvalue weighted by molar-refractivity contribution is 7.21. The van der Waals surface area contributed by atoms with E-state index >= 15 is 0 Å². The van der Waals surface area contributed by atoms with Gasteiger partial charge >= 0.3 is 0 Å². The van der Waals surface area contributed by atoms with Gasteiger partial charge in [0.15, 0.2) is 0 Å². The number of carbonyl (C=O) groups excluding carboxylic acids is 1. The number of hydrogen-bond acceptors (Lipinski definition) is 4. The quantitative estimate of drug-likeness (QED) is 0.520. The third-order valence-corrected chi connectivity index (χ3v) is 5.19. The van der Waals surface area contributed by atoms with E-state index in [2.05, 4.69) is 17.2 Å². The van der Waals surface area contributed by atoms with E-state index in [1.807, 2.05) is 6.07 Å². The number of halogens is 1. The minimum Gasteiger partial charge on any atom is -0.299 e. The van der Waals surface area contributed by atoms with Gasteiger partial charge in [-0.05, 0) is 31.0 Å². The van der Waals surface area contributed by atoms with Gasteiger partial charge in [0.1, 0.15) is 5.82 Å². The highest BCUT2D eigenvalue weighted by atomic mass is 32.1. The second-order valence-electron chi connectivity index (χ2n) is 5.63. The number of likely N-dealkylation sites (tertiary alicyclic amines) is 1. The number of hydrazine groups is 1. The summed E-state index contributed by atoms with van der Waals surface area (Å²) < 4.78 is 15.0. The smallest absolute Gasteiger partial charge is 0.275 e. The van der Waals surface area contributed by atoms with Crippen LogP contribution in [0.2, 0.25) is 0 Å². The Hall–Kier alpha value is -1.50. The second kappa shape index (κ2) is 5.71. The van der Waals surface area contributed by atoms with Gasteiger partial charge < -0.3 is 0 Å². The number of rotatable bonds is 3. The molecule has 1 aliphatic rings. The fraction of sp³-hybridized carbons (Fsp3) is 0.400. The predicted molar refractivity (Wildman–Crippen MR) is 82.5 cm³/mol. The summed E-state index contributed by atoms with van der Waals surface area (Å²) in [5, 5.41) is 0.556. The van der Waals surface area contributed by atoms with Gasteiger partial charge in [-0.25, -0.2) is 10.2 Å². The number of nitrogens with two attached hydrogens (primary N) is 1. The van der Waals surface area contributed by atoms with Crippen molar-refractivity contribution in [3.63, 3.8) is 0 Å². The molecule has 2 aromatic rings. The zero-order valence-electron chi connectivity index (χ0n) is 11.9. The fourth-order valence-electron chi connectivity index (χ4n) is 2.96. The van der Waals surface area contributed by atoms with Crippen LogP contribution in [0.15, 0.2) is 18.2 Å². The normalized spacial score (nSPS) is 19.3.